The molecule has 18 heavy (non-hydrogen) atoms. The van der Waals surface area contributed by atoms with Crippen LogP contribution in [0.4, 0.5) is 11.6 Å². The van der Waals surface area contributed by atoms with Gasteiger partial charge in [-0.3, -0.25) is 9.78 Å². The summed E-state index contributed by atoms with van der Waals surface area (Å²) in [5, 5.41) is 2.98. The molecular formula is C12H19N5O. The fraction of sp³-hybridized carbons (Fsp3) is 0.583. The molecule has 0 aliphatic carbocycles. The van der Waals surface area contributed by atoms with Gasteiger partial charge in [-0.2, -0.15) is 0 Å². The van der Waals surface area contributed by atoms with Gasteiger partial charge < -0.3 is 15.1 Å². The smallest absolute Gasteiger partial charge is 0.219 e. The molecule has 0 saturated carbocycles. The lowest BCUT2D eigenvalue weighted by Gasteiger charge is -2.22. The van der Waals surface area contributed by atoms with E-state index in [1.165, 1.54) is 0 Å². The molecule has 2 rings (SSSR count). The van der Waals surface area contributed by atoms with E-state index in [4.69, 9.17) is 0 Å². The van der Waals surface area contributed by atoms with Crippen LogP contribution < -0.4 is 10.2 Å². The summed E-state index contributed by atoms with van der Waals surface area (Å²) in [5.74, 6) is 1.78. The molecule has 1 N–H and O–H groups in total. The molecule has 1 saturated heterocycles. The average Bonchev–Trinajstić information content (AvgIpc) is 2.64. The van der Waals surface area contributed by atoms with Crippen LogP contribution in [0.3, 0.4) is 0 Å². The highest BCUT2D eigenvalue weighted by molar-refractivity contribution is 5.73. The Morgan fingerprint density at radius 3 is 2.83 bits per heavy atom. The number of carbonyl (C=O) groups excluding carboxylic acids is 1. The Labute approximate surface area is 107 Å². The number of aromatic nitrogens is 2. The largest absolute Gasteiger partial charge is 0.372 e. The molecule has 2 heterocycles. The molecule has 0 bridgehead atoms. The highest BCUT2D eigenvalue weighted by atomic mass is 16.2. The molecule has 1 amide bonds. The number of rotatable bonds is 2. The molecule has 0 atom stereocenters. The molecule has 0 unspecified atom stereocenters. The maximum absolute atomic E-state index is 11.4. The third-order valence-corrected chi connectivity index (χ3v) is 3.14. The van der Waals surface area contributed by atoms with E-state index in [-0.39, 0.29) is 5.91 Å². The molecule has 1 aromatic heterocycles. The van der Waals surface area contributed by atoms with Gasteiger partial charge in [0.2, 0.25) is 5.91 Å². The number of anilines is 2. The zero-order valence-electron chi connectivity index (χ0n) is 10.9. The van der Waals surface area contributed by atoms with Crippen LogP contribution in [0.5, 0.6) is 0 Å². The van der Waals surface area contributed by atoms with E-state index >= 15 is 0 Å². The van der Waals surface area contributed by atoms with E-state index in [1.54, 1.807) is 19.3 Å². The number of hydrogen-bond donors (Lipinski definition) is 1. The first-order valence-corrected chi connectivity index (χ1v) is 6.21. The van der Waals surface area contributed by atoms with E-state index in [0.29, 0.717) is 0 Å². The Balaban J connectivity index is 2.07. The SMILES string of the molecule is CNc1cncc(N2CCCN(C(C)=O)CC2)n1. The molecule has 1 fully saturated rings. The number of nitrogens with zero attached hydrogens (tertiary/aromatic N) is 4. The second-order valence-corrected chi connectivity index (χ2v) is 4.36. The van der Waals surface area contributed by atoms with Crippen molar-refractivity contribution in [3.8, 4) is 0 Å². The van der Waals surface area contributed by atoms with Crippen molar-refractivity contribution in [1.82, 2.24) is 14.9 Å². The first kappa shape index (κ1) is 12.6. The summed E-state index contributed by atoms with van der Waals surface area (Å²) in [5.41, 5.74) is 0. The second-order valence-electron chi connectivity index (χ2n) is 4.36. The van der Waals surface area contributed by atoms with Crippen molar-refractivity contribution in [1.29, 1.82) is 0 Å². The summed E-state index contributed by atoms with van der Waals surface area (Å²) in [6, 6.07) is 0. The predicted molar refractivity (Wildman–Crippen MR) is 70.7 cm³/mol. The van der Waals surface area contributed by atoms with Crippen molar-refractivity contribution >= 4 is 17.5 Å². The van der Waals surface area contributed by atoms with Crippen molar-refractivity contribution < 1.29 is 4.79 Å². The van der Waals surface area contributed by atoms with Crippen molar-refractivity contribution in [3.63, 3.8) is 0 Å². The molecule has 0 radical (unpaired) electrons. The molecule has 6 heteroatoms. The fourth-order valence-electron chi connectivity index (χ4n) is 2.09. The van der Waals surface area contributed by atoms with Crippen LogP contribution in [-0.2, 0) is 4.79 Å². The highest BCUT2D eigenvalue weighted by Gasteiger charge is 2.17. The van der Waals surface area contributed by atoms with Crippen molar-refractivity contribution in [3.05, 3.63) is 12.4 Å². The van der Waals surface area contributed by atoms with Crippen molar-refractivity contribution in [2.24, 2.45) is 0 Å². The van der Waals surface area contributed by atoms with E-state index in [0.717, 1.165) is 44.2 Å². The van der Waals surface area contributed by atoms with Gasteiger partial charge in [-0.05, 0) is 6.42 Å². The lowest BCUT2D eigenvalue weighted by atomic mass is 10.4. The summed E-state index contributed by atoms with van der Waals surface area (Å²) in [6.45, 7) is 4.91. The van der Waals surface area contributed by atoms with Gasteiger partial charge in [0.15, 0.2) is 0 Å². The predicted octanol–water partition coefficient (Wildman–Crippen LogP) is 0.577. The lowest BCUT2D eigenvalue weighted by molar-refractivity contribution is -0.128. The molecule has 6 nitrogen and oxygen atoms in total. The van der Waals surface area contributed by atoms with Crippen molar-refractivity contribution in [2.75, 3.05) is 43.4 Å². The Hall–Kier alpha value is -1.85. The maximum Gasteiger partial charge on any atom is 0.219 e. The molecule has 1 aromatic rings. The number of amides is 1. The lowest BCUT2D eigenvalue weighted by Crippen LogP contribution is -2.33. The Bertz CT molecular complexity index is 423. The molecular weight excluding hydrogens is 230 g/mol. The van der Waals surface area contributed by atoms with Crippen LogP contribution >= 0.6 is 0 Å². The van der Waals surface area contributed by atoms with Gasteiger partial charge in [-0.1, -0.05) is 0 Å². The fourth-order valence-corrected chi connectivity index (χ4v) is 2.09. The van der Waals surface area contributed by atoms with Gasteiger partial charge in [0.1, 0.15) is 11.6 Å². The molecule has 0 spiro atoms. The number of carbonyl (C=O) groups is 1. The van der Waals surface area contributed by atoms with Crippen LogP contribution in [-0.4, -0.2) is 54.0 Å². The minimum absolute atomic E-state index is 0.145. The topological polar surface area (TPSA) is 61.4 Å². The summed E-state index contributed by atoms with van der Waals surface area (Å²) < 4.78 is 0. The van der Waals surface area contributed by atoms with E-state index in [9.17, 15) is 4.79 Å². The second kappa shape index (κ2) is 5.66. The minimum atomic E-state index is 0.145. The van der Waals surface area contributed by atoms with Gasteiger partial charge in [0.25, 0.3) is 0 Å². The zero-order chi connectivity index (χ0) is 13.0. The number of nitrogens with one attached hydrogen (secondary N) is 1. The monoisotopic (exact) mass is 249 g/mol. The summed E-state index contributed by atoms with van der Waals surface area (Å²) in [6.07, 6.45) is 4.43. The quantitative estimate of drug-likeness (QED) is 0.830. The standard InChI is InChI=1S/C12H19N5O/c1-10(18)16-4-3-5-17(7-6-16)12-9-14-8-11(13-2)15-12/h8-9H,3-7H2,1-2H3,(H,13,15). The molecule has 1 aliphatic rings. The van der Waals surface area contributed by atoms with E-state index < -0.39 is 0 Å². The third kappa shape index (κ3) is 2.88. The van der Waals surface area contributed by atoms with Gasteiger partial charge in [0, 0.05) is 40.2 Å². The van der Waals surface area contributed by atoms with Gasteiger partial charge in [0.05, 0.1) is 12.4 Å². The molecule has 0 aromatic carbocycles. The van der Waals surface area contributed by atoms with Gasteiger partial charge >= 0.3 is 0 Å². The van der Waals surface area contributed by atoms with Crippen LogP contribution in [0.1, 0.15) is 13.3 Å². The zero-order valence-corrected chi connectivity index (χ0v) is 10.9. The van der Waals surface area contributed by atoms with Gasteiger partial charge in [-0.15, -0.1) is 0 Å². The van der Waals surface area contributed by atoms with Gasteiger partial charge in [-0.25, -0.2) is 4.98 Å². The maximum atomic E-state index is 11.4. The van der Waals surface area contributed by atoms with Crippen LogP contribution in [0.15, 0.2) is 12.4 Å². The first-order valence-electron chi connectivity index (χ1n) is 6.21. The number of hydrogen-bond acceptors (Lipinski definition) is 5. The Morgan fingerprint density at radius 2 is 2.11 bits per heavy atom. The van der Waals surface area contributed by atoms with Crippen molar-refractivity contribution in [2.45, 2.75) is 13.3 Å². The summed E-state index contributed by atoms with van der Waals surface area (Å²) in [7, 11) is 1.83. The molecule has 98 valence electrons. The Kier molecular flexibility index (Phi) is 3.96. The summed E-state index contributed by atoms with van der Waals surface area (Å²) >= 11 is 0. The minimum Gasteiger partial charge on any atom is -0.372 e. The third-order valence-electron chi connectivity index (χ3n) is 3.14. The molecule has 1 aliphatic heterocycles. The van der Waals surface area contributed by atoms with Crippen LogP contribution in [0, 0.1) is 0 Å². The highest BCUT2D eigenvalue weighted by Crippen LogP contribution is 2.14. The van der Waals surface area contributed by atoms with E-state index in [1.807, 2.05) is 11.9 Å². The summed E-state index contributed by atoms with van der Waals surface area (Å²) in [4.78, 5) is 24.1. The normalized spacial score (nSPS) is 16.3. The van der Waals surface area contributed by atoms with Crippen LogP contribution in [0.25, 0.3) is 0 Å². The Morgan fingerprint density at radius 1 is 1.28 bits per heavy atom. The van der Waals surface area contributed by atoms with E-state index in [2.05, 4.69) is 20.2 Å². The first-order chi connectivity index (χ1) is 8.70. The van der Waals surface area contributed by atoms with Crippen LogP contribution in [0.2, 0.25) is 0 Å². The average molecular weight is 249 g/mol.